The summed E-state index contributed by atoms with van der Waals surface area (Å²) >= 11 is 1.61. The number of nitrogens with one attached hydrogen (secondary N) is 2. The van der Waals surface area contributed by atoms with Crippen molar-refractivity contribution in [3.05, 3.63) is 18.2 Å². The molecule has 1 fully saturated rings. The molecule has 0 unspecified atom stereocenters. The molecule has 0 aromatic heterocycles. The Balaban J connectivity index is 1.60. The molecule has 1 heterocycles. The molecule has 20 heavy (non-hydrogen) atoms. The van der Waals surface area contributed by atoms with Crippen molar-refractivity contribution in [3.8, 4) is 0 Å². The molecule has 2 N–H and O–H groups in total. The van der Waals surface area contributed by atoms with Crippen LogP contribution >= 0.6 is 11.8 Å². The lowest BCUT2D eigenvalue weighted by molar-refractivity contribution is -0.113. The van der Waals surface area contributed by atoms with Crippen LogP contribution in [0.15, 0.2) is 23.1 Å². The van der Waals surface area contributed by atoms with Gasteiger partial charge in [0.05, 0.1) is 11.4 Å². The van der Waals surface area contributed by atoms with Gasteiger partial charge in [0.2, 0.25) is 5.91 Å². The van der Waals surface area contributed by atoms with E-state index in [1.54, 1.807) is 11.8 Å². The SMILES string of the molecule is O=C1CSc2ccc(NCC3CCCCCC3)cc2N1. The first-order chi connectivity index (χ1) is 9.81. The Morgan fingerprint density at radius 3 is 2.80 bits per heavy atom. The summed E-state index contributed by atoms with van der Waals surface area (Å²) in [7, 11) is 0. The fraction of sp³-hybridized carbons (Fsp3) is 0.562. The Morgan fingerprint density at radius 2 is 2.00 bits per heavy atom. The van der Waals surface area contributed by atoms with E-state index in [2.05, 4.69) is 28.8 Å². The van der Waals surface area contributed by atoms with Crippen LogP contribution in [-0.4, -0.2) is 18.2 Å². The molecule has 3 nitrogen and oxygen atoms in total. The van der Waals surface area contributed by atoms with Gasteiger partial charge in [-0.2, -0.15) is 0 Å². The van der Waals surface area contributed by atoms with E-state index in [0.29, 0.717) is 5.75 Å². The quantitative estimate of drug-likeness (QED) is 0.823. The summed E-state index contributed by atoms with van der Waals surface area (Å²) in [4.78, 5) is 12.6. The maximum absolute atomic E-state index is 11.4. The highest BCUT2D eigenvalue weighted by atomic mass is 32.2. The van der Waals surface area contributed by atoms with Crippen molar-refractivity contribution in [3.63, 3.8) is 0 Å². The first-order valence-electron chi connectivity index (χ1n) is 7.62. The molecule has 1 aromatic carbocycles. The van der Waals surface area contributed by atoms with Gasteiger partial charge in [0.15, 0.2) is 0 Å². The van der Waals surface area contributed by atoms with Gasteiger partial charge in [0.1, 0.15) is 0 Å². The Kier molecular flexibility index (Phi) is 4.51. The van der Waals surface area contributed by atoms with Gasteiger partial charge in [-0.25, -0.2) is 0 Å². The van der Waals surface area contributed by atoms with E-state index >= 15 is 0 Å². The van der Waals surface area contributed by atoms with Gasteiger partial charge in [0, 0.05) is 17.1 Å². The monoisotopic (exact) mass is 290 g/mol. The van der Waals surface area contributed by atoms with Crippen LogP contribution < -0.4 is 10.6 Å². The molecule has 0 bridgehead atoms. The van der Waals surface area contributed by atoms with Crippen LogP contribution in [0, 0.1) is 5.92 Å². The molecule has 1 aliphatic carbocycles. The van der Waals surface area contributed by atoms with Crippen LogP contribution in [0.3, 0.4) is 0 Å². The molecular formula is C16H22N2OS. The Labute approximate surface area is 124 Å². The zero-order valence-corrected chi connectivity index (χ0v) is 12.6. The summed E-state index contributed by atoms with van der Waals surface area (Å²) in [5.41, 5.74) is 2.08. The van der Waals surface area contributed by atoms with Gasteiger partial charge in [-0.3, -0.25) is 4.79 Å². The molecular weight excluding hydrogens is 268 g/mol. The van der Waals surface area contributed by atoms with Gasteiger partial charge in [0.25, 0.3) is 0 Å². The third-order valence-electron chi connectivity index (χ3n) is 4.18. The second-order valence-corrected chi connectivity index (χ2v) is 6.80. The highest BCUT2D eigenvalue weighted by molar-refractivity contribution is 8.00. The average Bonchev–Trinajstić information content (AvgIpc) is 2.73. The lowest BCUT2D eigenvalue weighted by Crippen LogP contribution is -2.19. The largest absolute Gasteiger partial charge is 0.385 e. The van der Waals surface area contributed by atoms with Crippen molar-refractivity contribution < 1.29 is 4.79 Å². The van der Waals surface area contributed by atoms with Gasteiger partial charge in [-0.1, -0.05) is 25.7 Å². The maximum Gasteiger partial charge on any atom is 0.234 e. The summed E-state index contributed by atoms with van der Waals surface area (Å²) in [5, 5.41) is 6.49. The summed E-state index contributed by atoms with van der Waals surface area (Å²) in [6.07, 6.45) is 8.26. The molecule has 1 saturated carbocycles. The Hall–Kier alpha value is -1.16. The number of rotatable bonds is 3. The number of amides is 1. The number of carbonyl (C=O) groups is 1. The highest BCUT2D eigenvalue weighted by Gasteiger charge is 2.16. The molecule has 1 amide bonds. The van der Waals surface area contributed by atoms with Gasteiger partial charge >= 0.3 is 0 Å². The lowest BCUT2D eigenvalue weighted by atomic mass is 10.0. The topological polar surface area (TPSA) is 41.1 Å². The van der Waals surface area contributed by atoms with Crippen LogP contribution in [-0.2, 0) is 4.79 Å². The van der Waals surface area contributed by atoms with Gasteiger partial charge in [-0.15, -0.1) is 11.8 Å². The maximum atomic E-state index is 11.4. The lowest BCUT2D eigenvalue weighted by Gasteiger charge is -2.19. The van der Waals surface area contributed by atoms with Gasteiger partial charge in [-0.05, 0) is 37.0 Å². The number of hydrogen-bond acceptors (Lipinski definition) is 3. The molecule has 4 heteroatoms. The van der Waals surface area contributed by atoms with Crippen LogP contribution in [0.2, 0.25) is 0 Å². The van der Waals surface area contributed by atoms with Gasteiger partial charge < -0.3 is 10.6 Å². The van der Waals surface area contributed by atoms with E-state index in [4.69, 9.17) is 0 Å². The van der Waals surface area contributed by atoms with Crippen molar-refractivity contribution in [2.24, 2.45) is 5.92 Å². The zero-order chi connectivity index (χ0) is 13.8. The summed E-state index contributed by atoms with van der Waals surface area (Å²) in [6.45, 7) is 1.06. The number of carbonyl (C=O) groups excluding carboxylic acids is 1. The standard InChI is InChI=1S/C16H22N2OS/c19-16-11-20-15-8-7-13(9-14(15)18-16)17-10-12-5-3-1-2-4-6-12/h7-9,12,17H,1-6,10-11H2,(H,18,19). The molecule has 108 valence electrons. The molecule has 0 spiro atoms. The predicted molar refractivity (Wildman–Crippen MR) is 85.5 cm³/mol. The fourth-order valence-corrected chi connectivity index (χ4v) is 3.81. The van der Waals surface area contributed by atoms with E-state index in [-0.39, 0.29) is 5.91 Å². The van der Waals surface area contributed by atoms with Crippen molar-refractivity contribution in [2.45, 2.75) is 43.4 Å². The normalized spacial score (nSPS) is 19.9. The average molecular weight is 290 g/mol. The molecule has 3 rings (SSSR count). The second kappa shape index (κ2) is 6.53. The third kappa shape index (κ3) is 3.48. The zero-order valence-electron chi connectivity index (χ0n) is 11.8. The van der Waals surface area contributed by atoms with Crippen LogP contribution in [0.25, 0.3) is 0 Å². The molecule has 0 atom stereocenters. The Morgan fingerprint density at radius 1 is 1.20 bits per heavy atom. The highest BCUT2D eigenvalue weighted by Crippen LogP contribution is 2.33. The number of hydrogen-bond donors (Lipinski definition) is 2. The molecule has 2 aliphatic rings. The Bertz CT molecular complexity index is 481. The third-order valence-corrected chi connectivity index (χ3v) is 5.26. The second-order valence-electron chi connectivity index (χ2n) is 5.79. The first-order valence-corrected chi connectivity index (χ1v) is 8.60. The molecule has 1 aromatic rings. The van der Waals surface area contributed by atoms with Crippen molar-refractivity contribution >= 4 is 29.0 Å². The fourth-order valence-electron chi connectivity index (χ4n) is 3.02. The minimum atomic E-state index is 0.100. The first kappa shape index (κ1) is 13.8. The molecule has 1 aliphatic heterocycles. The number of anilines is 2. The van der Waals surface area contributed by atoms with E-state index < -0.39 is 0 Å². The summed E-state index contributed by atoms with van der Waals surface area (Å²) < 4.78 is 0. The van der Waals surface area contributed by atoms with E-state index in [0.717, 1.165) is 23.8 Å². The van der Waals surface area contributed by atoms with E-state index in [1.807, 2.05) is 0 Å². The van der Waals surface area contributed by atoms with Crippen LogP contribution in [0.5, 0.6) is 0 Å². The van der Waals surface area contributed by atoms with Crippen molar-refractivity contribution in [1.29, 1.82) is 0 Å². The summed E-state index contributed by atoms with van der Waals surface area (Å²) in [6, 6.07) is 6.30. The van der Waals surface area contributed by atoms with Crippen LogP contribution in [0.1, 0.15) is 38.5 Å². The molecule has 0 saturated heterocycles. The van der Waals surface area contributed by atoms with E-state index in [9.17, 15) is 4.79 Å². The smallest absolute Gasteiger partial charge is 0.234 e. The van der Waals surface area contributed by atoms with Crippen molar-refractivity contribution in [2.75, 3.05) is 22.9 Å². The van der Waals surface area contributed by atoms with E-state index in [1.165, 1.54) is 43.4 Å². The minimum absolute atomic E-state index is 0.100. The summed E-state index contributed by atoms with van der Waals surface area (Å²) in [5.74, 6) is 1.43. The van der Waals surface area contributed by atoms with Crippen molar-refractivity contribution in [1.82, 2.24) is 0 Å². The number of thioether (sulfide) groups is 1. The predicted octanol–water partition coefficient (Wildman–Crippen LogP) is 4.11. The number of fused-ring (bicyclic) bond motifs is 1. The minimum Gasteiger partial charge on any atom is -0.385 e. The molecule has 0 radical (unpaired) electrons. The van der Waals surface area contributed by atoms with Crippen LogP contribution in [0.4, 0.5) is 11.4 Å². The number of benzene rings is 1.